The maximum absolute atomic E-state index is 2.67. The molecule has 0 aliphatic heterocycles. The van der Waals surface area contributed by atoms with Crippen molar-refractivity contribution in [2.45, 2.75) is 154 Å². The van der Waals surface area contributed by atoms with E-state index in [2.05, 4.69) is 41.5 Å². The van der Waals surface area contributed by atoms with Crippen LogP contribution in [0.25, 0.3) is 0 Å². The molecule has 0 radical (unpaired) electrons. The Labute approximate surface area is 188 Å². The van der Waals surface area contributed by atoms with Gasteiger partial charge in [0.15, 0.2) is 0 Å². The zero-order chi connectivity index (χ0) is 23.1. The summed E-state index contributed by atoms with van der Waals surface area (Å²) >= 11 is 0. The lowest BCUT2D eigenvalue weighted by Crippen LogP contribution is -2.46. The summed E-state index contributed by atoms with van der Waals surface area (Å²) in [5, 5.41) is 0. The van der Waals surface area contributed by atoms with Crippen LogP contribution in [0.2, 0.25) is 0 Å². The van der Waals surface area contributed by atoms with Crippen LogP contribution in [0.1, 0.15) is 154 Å². The van der Waals surface area contributed by atoms with E-state index in [4.69, 9.17) is 0 Å². The summed E-state index contributed by atoms with van der Waals surface area (Å²) in [4.78, 5) is 0. The van der Waals surface area contributed by atoms with Crippen molar-refractivity contribution in [3.8, 4) is 0 Å². The predicted molar refractivity (Wildman–Crippen MR) is 138 cm³/mol. The fourth-order valence-corrected chi connectivity index (χ4v) is 5.97. The molecule has 0 saturated heterocycles. The maximum atomic E-state index is 2.67. The molecule has 5 unspecified atom stereocenters. The van der Waals surface area contributed by atoms with Crippen LogP contribution >= 0.6 is 0 Å². The molecule has 0 N–H and O–H groups in total. The van der Waals surface area contributed by atoms with Gasteiger partial charge in [-0.1, -0.05) is 122 Å². The van der Waals surface area contributed by atoms with Gasteiger partial charge < -0.3 is 0 Å². The van der Waals surface area contributed by atoms with E-state index in [1.165, 1.54) is 70.6 Å². The van der Waals surface area contributed by atoms with E-state index >= 15 is 0 Å². The second kappa shape index (κ2) is 16.7. The highest BCUT2D eigenvalue weighted by atomic mass is 14.5. The summed E-state index contributed by atoms with van der Waals surface area (Å²) in [5.74, 6) is 3.87. The quantitative estimate of drug-likeness (QED) is 0.391. The highest BCUT2D eigenvalue weighted by Crippen LogP contribution is 2.58. The van der Waals surface area contributed by atoms with Gasteiger partial charge in [0.1, 0.15) is 0 Å². The van der Waals surface area contributed by atoms with E-state index in [1.807, 2.05) is 41.5 Å². The summed E-state index contributed by atoms with van der Waals surface area (Å²) in [5.41, 5.74) is 1.19. The second-order valence-corrected chi connectivity index (χ2v) is 10.4. The minimum Gasteiger partial charge on any atom is -0.0683 e. The first-order valence-electron chi connectivity index (χ1n) is 13.8. The van der Waals surface area contributed by atoms with E-state index in [0.717, 1.165) is 23.7 Å². The van der Waals surface area contributed by atoms with Gasteiger partial charge >= 0.3 is 0 Å². The molecule has 0 amide bonds. The Morgan fingerprint density at radius 1 is 0.931 bits per heavy atom. The third-order valence-corrected chi connectivity index (χ3v) is 7.97. The van der Waals surface area contributed by atoms with Gasteiger partial charge in [-0.15, -0.1) is 0 Å². The van der Waals surface area contributed by atoms with Crippen LogP contribution in [0.3, 0.4) is 0 Å². The van der Waals surface area contributed by atoms with Crippen molar-refractivity contribution >= 4 is 0 Å². The molecule has 5 atom stereocenters. The first-order chi connectivity index (χ1) is 13.8. The summed E-state index contributed by atoms with van der Waals surface area (Å²) < 4.78 is 0. The molecule has 2 fully saturated rings. The van der Waals surface area contributed by atoms with Crippen molar-refractivity contribution in [2.24, 2.45) is 34.5 Å². The molecule has 0 nitrogen and oxygen atoms in total. The smallest absolute Gasteiger partial charge is 0.0266 e. The average Bonchev–Trinajstić information content (AvgIpc) is 2.74. The van der Waals surface area contributed by atoms with E-state index < -0.39 is 0 Å². The molecule has 0 heteroatoms. The molecule has 2 aliphatic rings. The van der Waals surface area contributed by atoms with Crippen LogP contribution in [0.15, 0.2) is 0 Å². The molecule has 0 spiro atoms. The standard InChI is InChI=1S/C23H44.3C2H6/c1-7-18(2)11-10-15-22(4,5)17-21-19(3)13-14-20-12-8-9-16-23(20,21)6;3*1-2/h18-21H,7-17H2,1-6H3;3*1-2H3. The lowest BCUT2D eigenvalue weighted by atomic mass is 9.50. The first-order valence-corrected chi connectivity index (χ1v) is 13.8. The van der Waals surface area contributed by atoms with Crippen LogP contribution in [0.4, 0.5) is 0 Å². The van der Waals surface area contributed by atoms with Gasteiger partial charge in [-0.3, -0.25) is 0 Å². The molecule has 0 aromatic carbocycles. The molecule has 2 aliphatic carbocycles. The molecular weight excluding hydrogens is 348 g/mol. The Balaban J connectivity index is 0. The van der Waals surface area contributed by atoms with Crippen molar-refractivity contribution in [1.29, 1.82) is 0 Å². The van der Waals surface area contributed by atoms with Gasteiger partial charge in [-0.05, 0) is 66.6 Å². The summed E-state index contributed by atoms with van der Waals surface area (Å²) in [6, 6.07) is 0. The van der Waals surface area contributed by atoms with Crippen molar-refractivity contribution in [3.05, 3.63) is 0 Å². The van der Waals surface area contributed by atoms with E-state index in [1.54, 1.807) is 0 Å². The Hall–Kier alpha value is 0. The molecule has 2 saturated carbocycles. The van der Waals surface area contributed by atoms with Crippen LogP contribution in [-0.4, -0.2) is 0 Å². The largest absolute Gasteiger partial charge is 0.0683 e. The fraction of sp³-hybridized carbons (Fsp3) is 1.00. The van der Waals surface area contributed by atoms with Crippen molar-refractivity contribution in [1.82, 2.24) is 0 Å². The lowest BCUT2D eigenvalue weighted by Gasteiger charge is -2.55. The molecular formula is C29H62. The third kappa shape index (κ3) is 10.2. The lowest BCUT2D eigenvalue weighted by molar-refractivity contribution is -0.0506. The maximum Gasteiger partial charge on any atom is -0.0266 e. The molecule has 29 heavy (non-hydrogen) atoms. The zero-order valence-corrected chi connectivity index (χ0v) is 23.1. The van der Waals surface area contributed by atoms with Crippen LogP contribution in [0.5, 0.6) is 0 Å². The Bertz CT molecular complexity index is 355. The summed E-state index contributed by atoms with van der Waals surface area (Å²) in [6.07, 6.45) is 16.1. The number of rotatable bonds is 7. The molecule has 0 heterocycles. The van der Waals surface area contributed by atoms with Gasteiger partial charge in [0.25, 0.3) is 0 Å². The summed E-state index contributed by atoms with van der Waals surface area (Å²) in [7, 11) is 0. The minimum atomic E-state index is 0.536. The number of fused-ring (bicyclic) bond motifs is 1. The van der Waals surface area contributed by atoms with Crippen LogP contribution < -0.4 is 0 Å². The van der Waals surface area contributed by atoms with Gasteiger partial charge in [-0.2, -0.15) is 0 Å². The Morgan fingerprint density at radius 2 is 1.52 bits per heavy atom. The van der Waals surface area contributed by atoms with E-state index in [-0.39, 0.29) is 0 Å². The minimum absolute atomic E-state index is 0.536. The van der Waals surface area contributed by atoms with Crippen LogP contribution in [-0.2, 0) is 0 Å². The highest BCUT2D eigenvalue weighted by molar-refractivity contribution is 4.98. The fourth-order valence-electron chi connectivity index (χ4n) is 5.97. The molecule has 178 valence electrons. The van der Waals surface area contributed by atoms with E-state index in [9.17, 15) is 0 Å². The van der Waals surface area contributed by atoms with Gasteiger partial charge in [0.05, 0.1) is 0 Å². The zero-order valence-electron chi connectivity index (χ0n) is 23.1. The highest BCUT2D eigenvalue weighted by Gasteiger charge is 2.48. The Morgan fingerprint density at radius 3 is 2.07 bits per heavy atom. The number of hydrogen-bond donors (Lipinski definition) is 0. The monoisotopic (exact) mass is 410 g/mol. The molecule has 0 bridgehead atoms. The van der Waals surface area contributed by atoms with Crippen molar-refractivity contribution in [2.75, 3.05) is 0 Å². The Kier molecular flexibility index (Phi) is 17.9. The van der Waals surface area contributed by atoms with E-state index in [0.29, 0.717) is 10.8 Å². The second-order valence-electron chi connectivity index (χ2n) is 10.4. The predicted octanol–water partition coefficient (Wildman–Crippen LogP) is 10.9. The summed E-state index contributed by atoms with van der Waals surface area (Å²) in [6.45, 7) is 27.1. The van der Waals surface area contributed by atoms with Gasteiger partial charge in [-0.25, -0.2) is 0 Å². The van der Waals surface area contributed by atoms with Crippen molar-refractivity contribution < 1.29 is 0 Å². The first kappa shape index (κ1) is 31.2. The normalized spacial score (nSPS) is 29.6. The number of hydrogen-bond acceptors (Lipinski definition) is 0. The SMILES string of the molecule is CC.CC.CC.CCC(C)CCCC(C)(C)CC1C(C)CCC2CCCCC21C. The van der Waals surface area contributed by atoms with Crippen molar-refractivity contribution in [3.63, 3.8) is 0 Å². The van der Waals surface area contributed by atoms with Gasteiger partial charge in [0, 0.05) is 0 Å². The molecule has 0 aromatic rings. The topological polar surface area (TPSA) is 0 Å². The van der Waals surface area contributed by atoms with Crippen LogP contribution in [0, 0.1) is 34.5 Å². The average molecular weight is 411 g/mol. The molecule has 2 rings (SSSR count). The van der Waals surface area contributed by atoms with Gasteiger partial charge in [0.2, 0.25) is 0 Å². The molecule has 0 aromatic heterocycles. The third-order valence-electron chi connectivity index (χ3n) is 7.97.